The first kappa shape index (κ1) is 17.5. The maximum Gasteiger partial charge on any atom is 0.337 e. The number of aliphatic hydroxyl groups is 1. The van der Waals surface area contributed by atoms with Crippen molar-refractivity contribution < 1.29 is 19.4 Å². The molecule has 0 radical (unpaired) electrons. The number of carbonyl (C=O) groups is 1. The van der Waals surface area contributed by atoms with Gasteiger partial charge in [0.05, 0.1) is 25.2 Å². The minimum atomic E-state index is -0.597. The third-order valence-electron chi connectivity index (χ3n) is 5.00. The summed E-state index contributed by atoms with van der Waals surface area (Å²) in [6.45, 7) is 1.99. The largest absolute Gasteiger partial charge is 0.511 e. The highest BCUT2D eigenvalue weighted by Gasteiger charge is 2.43. The number of ether oxygens (including phenoxy) is 2. The molecular formula is C20H22O4S. The molecule has 1 heterocycles. The second-order valence-corrected chi connectivity index (χ2v) is 7.45. The van der Waals surface area contributed by atoms with Crippen LogP contribution in [0.5, 0.6) is 5.75 Å². The third-order valence-corrected chi connectivity index (χ3v) is 6.13. The van der Waals surface area contributed by atoms with Crippen LogP contribution in [0, 0.1) is 0 Å². The number of esters is 1. The number of benzene rings is 1. The summed E-state index contributed by atoms with van der Waals surface area (Å²) in [5.74, 6) is 0.584. The Morgan fingerprint density at radius 1 is 1.24 bits per heavy atom. The van der Waals surface area contributed by atoms with Crippen LogP contribution < -0.4 is 4.74 Å². The minimum absolute atomic E-state index is 0.114. The fourth-order valence-corrected chi connectivity index (χ4v) is 4.46. The molecule has 1 aliphatic carbocycles. The Morgan fingerprint density at radius 3 is 2.52 bits per heavy atom. The predicted octanol–water partition coefficient (Wildman–Crippen LogP) is 4.58. The van der Waals surface area contributed by atoms with Gasteiger partial charge in [0.25, 0.3) is 0 Å². The van der Waals surface area contributed by atoms with Crippen molar-refractivity contribution in [1.82, 2.24) is 0 Å². The first-order chi connectivity index (χ1) is 12.0. The molecule has 0 spiro atoms. The number of rotatable bonds is 4. The number of methoxy groups -OCH3 is 2. The van der Waals surface area contributed by atoms with Crippen molar-refractivity contribution in [3.8, 4) is 5.75 Å². The maximum atomic E-state index is 12.3. The summed E-state index contributed by atoms with van der Waals surface area (Å²) in [5.41, 5.74) is 0.892. The molecule has 0 bridgehead atoms. The van der Waals surface area contributed by atoms with E-state index in [0.717, 1.165) is 22.6 Å². The van der Waals surface area contributed by atoms with Crippen LogP contribution in [0.25, 0.3) is 0 Å². The van der Waals surface area contributed by atoms with Crippen LogP contribution in [-0.2, 0) is 14.9 Å². The Labute approximate surface area is 151 Å². The quantitative estimate of drug-likeness (QED) is 0.813. The van der Waals surface area contributed by atoms with Crippen LogP contribution in [0.15, 0.2) is 53.1 Å². The van der Waals surface area contributed by atoms with Gasteiger partial charge in [0.1, 0.15) is 11.5 Å². The van der Waals surface area contributed by atoms with Gasteiger partial charge < -0.3 is 14.6 Å². The Bertz CT molecular complexity index is 777. The molecule has 4 nitrogen and oxygen atoms in total. The van der Waals surface area contributed by atoms with E-state index in [-0.39, 0.29) is 11.7 Å². The predicted molar refractivity (Wildman–Crippen MR) is 98.3 cm³/mol. The summed E-state index contributed by atoms with van der Waals surface area (Å²) in [5, 5.41) is 12.9. The third kappa shape index (κ3) is 3.16. The first-order valence-corrected chi connectivity index (χ1v) is 9.06. The fourth-order valence-electron chi connectivity index (χ4n) is 3.56. The molecule has 0 unspecified atom stereocenters. The van der Waals surface area contributed by atoms with Gasteiger partial charge in [-0.2, -0.15) is 0 Å². The molecule has 0 amide bonds. The van der Waals surface area contributed by atoms with Crippen molar-refractivity contribution in [1.29, 1.82) is 0 Å². The maximum absolute atomic E-state index is 12.3. The zero-order chi connectivity index (χ0) is 18.0. The normalized spacial score (nSPS) is 23.4. The van der Waals surface area contributed by atoms with Gasteiger partial charge in [0.2, 0.25) is 0 Å². The summed E-state index contributed by atoms with van der Waals surface area (Å²) < 4.78 is 10.1. The molecule has 0 saturated heterocycles. The molecular weight excluding hydrogens is 336 g/mol. The second-order valence-electron chi connectivity index (χ2n) is 6.51. The van der Waals surface area contributed by atoms with Crippen LogP contribution in [-0.4, -0.2) is 25.3 Å². The molecule has 2 aromatic rings. The summed E-state index contributed by atoms with van der Waals surface area (Å²) >= 11 is 1.59. The Kier molecular flexibility index (Phi) is 4.86. The lowest BCUT2D eigenvalue weighted by Gasteiger charge is -2.38. The summed E-state index contributed by atoms with van der Waals surface area (Å²) in [6.07, 6.45) is 1.19. The molecule has 1 aliphatic rings. The number of allylic oxidation sites excluding steroid dienone is 1. The molecule has 3 rings (SSSR count). The smallest absolute Gasteiger partial charge is 0.337 e. The summed E-state index contributed by atoms with van der Waals surface area (Å²) in [6, 6.07) is 11.9. The average molecular weight is 358 g/mol. The van der Waals surface area contributed by atoms with Crippen molar-refractivity contribution in [2.24, 2.45) is 0 Å². The molecule has 0 aliphatic heterocycles. The molecule has 0 saturated carbocycles. The van der Waals surface area contributed by atoms with E-state index in [2.05, 4.69) is 0 Å². The van der Waals surface area contributed by atoms with Crippen molar-refractivity contribution in [2.75, 3.05) is 14.2 Å². The van der Waals surface area contributed by atoms with E-state index in [9.17, 15) is 9.90 Å². The zero-order valence-corrected chi connectivity index (χ0v) is 15.4. The standard InChI is InChI=1S/C20H22O4S/c1-20(17-5-4-10-25-17)12-14(11-16(18(20)21)19(22)24-3)13-6-8-15(23-2)9-7-13/h4-10,14,21H,11-12H2,1-3H3/t14-,20+/m0/s1. The van der Waals surface area contributed by atoms with Gasteiger partial charge in [-0.1, -0.05) is 18.2 Å². The van der Waals surface area contributed by atoms with Gasteiger partial charge in [0, 0.05) is 4.88 Å². The van der Waals surface area contributed by atoms with E-state index < -0.39 is 11.4 Å². The number of hydrogen-bond donors (Lipinski definition) is 1. The summed E-state index contributed by atoms with van der Waals surface area (Å²) in [7, 11) is 2.99. The topological polar surface area (TPSA) is 55.8 Å². The molecule has 0 fully saturated rings. The number of carbonyl (C=O) groups excluding carboxylic acids is 1. The molecule has 2 atom stereocenters. The van der Waals surface area contributed by atoms with Crippen molar-refractivity contribution in [3.05, 3.63) is 63.6 Å². The molecule has 1 aromatic carbocycles. The Morgan fingerprint density at radius 2 is 1.96 bits per heavy atom. The van der Waals surface area contributed by atoms with E-state index in [1.807, 2.05) is 48.7 Å². The van der Waals surface area contributed by atoms with E-state index in [1.54, 1.807) is 18.4 Å². The Hall–Kier alpha value is -2.27. The van der Waals surface area contributed by atoms with Crippen LogP contribution in [0.2, 0.25) is 0 Å². The highest BCUT2D eigenvalue weighted by atomic mass is 32.1. The first-order valence-electron chi connectivity index (χ1n) is 8.18. The highest BCUT2D eigenvalue weighted by Crippen LogP contribution is 2.49. The van der Waals surface area contributed by atoms with Crippen LogP contribution in [0.4, 0.5) is 0 Å². The highest BCUT2D eigenvalue weighted by molar-refractivity contribution is 7.10. The van der Waals surface area contributed by atoms with E-state index >= 15 is 0 Å². The second kappa shape index (κ2) is 6.92. The zero-order valence-electron chi connectivity index (χ0n) is 14.6. The number of hydrogen-bond acceptors (Lipinski definition) is 5. The minimum Gasteiger partial charge on any atom is -0.511 e. The Balaban J connectivity index is 2.04. The van der Waals surface area contributed by atoms with E-state index in [0.29, 0.717) is 12.0 Å². The van der Waals surface area contributed by atoms with Crippen molar-refractivity contribution in [3.63, 3.8) is 0 Å². The lowest BCUT2D eigenvalue weighted by atomic mass is 9.68. The van der Waals surface area contributed by atoms with Crippen molar-refractivity contribution in [2.45, 2.75) is 31.1 Å². The van der Waals surface area contributed by atoms with Gasteiger partial charge in [-0.15, -0.1) is 11.3 Å². The average Bonchev–Trinajstić information content (AvgIpc) is 3.19. The molecule has 25 heavy (non-hydrogen) atoms. The van der Waals surface area contributed by atoms with Crippen LogP contribution in [0.1, 0.15) is 36.1 Å². The fraction of sp³-hybridized carbons (Fsp3) is 0.350. The molecule has 1 aromatic heterocycles. The number of thiophene rings is 1. The lowest BCUT2D eigenvalue weighted by Crippen LogP contribution is -2.34. The van der Waals surface area contributed by atoms with E-state index in [4.69, 9.17) is 9.47 Å². The van der Waals surface area contributed by atoms with Crippen molar-refractivity contribution >= 4 is 17.3 Å². The van der Waals surface area contributed by atoms with Gasteiger partial charge in [-0.3, -0.25) is 0 Å². The SMILES string of the molecule is COC(=O)C1=C(O)[C@@](C)(c2cccs2)C[C@@H](c2ccc(OC)cc2)C1. The number of aliphatic hydroxyl groups excluding tert-OH is 1. The van der Waals surface area contributed by atoms with Crippen LogP contribution >= 0.6 is 11.3 Å². The summed E-state index contributed by atoms with van der Waals surface area (Å²) in [4.78, 5) is 13.3. The van der Waals surface area contributed by atoms with Gasteiger partial charge >= 0.3 is 5.97 Å². The lowest BCUT2D eigenvalue weighted by molar-refractivity contribution is -0.136. The molecule has 5 heteroatoms. The van der Waals surface area contributed by atoms with Gasteiger partial charge in [-0.05, 0) is 54.8 Å². The van der Waals surface area contributed by atoms with Gasteiger partial charge in [0.15, 0.2) is 0 Å². The monoisotopic (exact) mass is 358 g/mol. The van der Waals surface area contributed by atoms with Gasteiger partial charge in [-0.25, -0.2) is 4.79 Å². The molecule has 132 valence electrons. The molecule has 1 N–H and O–H groups in total. The van der Waals surface area contributed by atoms with Crippen LogP contribution in [0.3, 0.4) is 0 Å². The van der Waals surface area contributed by atoms with E-state index in [1.165, 1.54) is 7.11 Å².